The smallest absolute Gasteiger partial charge is 0.0451 e. The zero-order chi connectivity index (χ0) is 14.5. The molecule has 1 saturated carbocycles. The third kappa shape index (κ3) is 4.45. The van der Waals surface area contributed by atoms with Gasteiger partial charge in [-0.3, -0.25) is 4.90 Å². The second kappa shape index (κ2) is 7.62. The fourth-order valence-corrected chi connectivity index (χ4v) is 3.98. The van der Waals surface area contributed by atoms with Crippen molar-refractivity contribution in [3.05, 3.63) is 34.9 Å². The minimum Gasteiger partial charge on any atom is -0.312 e. The molecule has 1 N–H and O–H groups in total. The molecule has 2 fully saturated rings. The summed E-state index contributed by atoms with van der Waals surface area (Å²) in [5.74, 6) is 0.934. The van der Waals surface area contributed by atoms with Crippen LogP contribution >= 0.6 is 11.6 Å². The topological polar surface area (TPSA) is 15.3 Å². The minimum atomic E-state index is 0.668. The molecular formula is C18H27ClN2. The van der Waals surface area contributed by atoms with Crippen LogP contribution < -0.4 is 5.32 Å². The van der Waals surface area contributed by atoms with Crippen molar-refractivity contribution >= 4 is 11.6 Å². The molecule has 1 unspecified atom stereocenters. The standard InChI is InChI=1S/C18H27ClN2/c19-18-10-4-3-8-16(18)13-21-11-5-9-17(14-21)20-12-15-6-1-2-7-15/h3-4,8,10,15,17,20H,1-2,5-7,9,11-14H2. The molecule has 0 amide bonds. The Hall–Kier alpha value is -0.570. The van der Waals surface area contributed by atoms with E-state index in [0.29, 0.717) is 6.04 Å². The predicted molar refractivity (Wildman–Crippen MR) is 89.7 cm³/mol. The van der Waals surface area contributed by atoms with Crippen LogP contribution in [0.3, 0.4) is 0 Å². The van der Waals surface area contributed by atoms with E-state index in [4.69, 9.17) is 11.6 Å². The normalized spacial score (nSPS) is 24.5. The Balaban J connectivity index is 1.47. The zero-order valence-corrected chi connectivity index (χ0v) is 13.6. The average Bonchev–Trinajstić information content (AvgIpc) is 3.01. The molecule has 0 radical (unpaired) electrons. The van der Waals surface area contributed by atoms with Crippen LogP contribution in [0.25, 0.3) is 0 Å². The maximum absolute atomic E-state index is 6.28. The Morgan fingerprint density at radius 2 is 1.90 bits per heavy atom. The number of hydrogen-bond acceptors (Lipinski definition) is 2. The molecule has 116 valence electrons. The Kier molecular flexibility index (Phi) is 5.56. The maximum Gasteiger partial charge on any atom is 0.0451 e. The van der Waals surface area contributed by atoms with Gasteiger partial charge < -0.3 is 5.32 Å². The average molecular weight is 307 g/mol. The van der Waals surface area contributed by atoms with Crippen LogP contribution in [-0.4, -0.2) is 30.6 Å². The van der Waals surface area contributed by atoms with Gasteiger partial charge in [0.1, 0.15) is 0 Å². The van der Waals surface area contributed by atoms with E-state index in [1.807, 2.05) is 12.1 Å². The molecule has 0 bridgehead atoms. The van der Waals surface area contributed by atoms with Gasteiger partial charge in [-0.05, 0) is 56.3 Å². The van der Waals surface area contributed by atoms with Crippen molar-refractivity contribution in [1.29, 1.82) is 0 Å². The van der Waals surface area contributed by atoms with Crippen LogP contribution in [0, 0.1) is 5.92 Å². The highest BCUT2D eigenvalue weighted by atomic mass is 35.5. The lowest BCUT2D eigenvalue weighted by atomic mass is 10.0. The third-order valence-electron chi connectivity index (χ3n) is 5.03. The summed E-state index contributed by atoms with van der Waals surface area (Å²) in [6.07, 6.45) is 8.37. The summed E-state index contributed by atoms with van der Waals surface area (Å²) in [5.41, 5.74) is 1.26. The fraction of sp³-hybridized carbons (Fsp3) is 0.667. The van der Waals surface area contributed by atoms with Gasteiger partial charge in [0, 0.05) is 24.2 Å². The van der Waals surface area contributed by atoms with Crippen LogP contribution in [-0.2, 0) is 6.54 Å². The van der Waals surface area contributed by atoms with Crippen molar-refractivity contribution in [1.82, 2.24) is 10.2 Å². The van der Waals surface area contributed by atoms with E-state index in [2.05, 4.69) is 22.3 Å². The van der Waals surface area contributed by atoms with Crippen molar-refractivity contribution in [2.45, 2.75) is 51.1 Å². The van der Waals surface area contributed by atoms with Crippen molar-refractivity contribution in [3.8, 4) is 0 Å². The molecule has 1 aliphatic carbocycles. The first-order valence-electron chi connectivity index (χ1n) is 8.50. The third-order valence-corrected chi connectivity index (χ3v) is 5.40. The van der Waals surface area contributed by atoms with Gasteiger partial charge >= 0.3 is 0 Å². The number of nitrogens with one attached hydrogen (secondary N) is 1. The van der Waals surface area contributed by atoms with Crippen molar-refractivity contribution in [3.63, 3.8) is 0 Å². The largest absolute Gasteiger partial charge is 0.312 e. The first-order valence-corrected chi connectivity index (χ1v) is 8.88. The zero-order valence-electron chi connectivity index (χ0n) is 12.9. The molecule has 0 aromatic heterocycles. The predicted octanol–water partition coefficient (Wildman–Crippen LogP) is 4.08. The lowest BCUT2D eigenvalue weighted by molar-refractivity contribution is 0.180. The van der Waals surface area contributed by atoms with Crippen LogP contribution in [0.2, 0.25) is 5.02 Å². The summed E-state index contributed by atoms with van der Waals surface area (Å²) in [5, 5.41) is 4.72. The Bertz CT molecular complexity index is 443. The van der Waals surface area contributed by atoms with E-state index < -0.39 is 0 Å². The van der Waals surface area contributed by atoms with Gasteiger partial charge in [0.15, 0.2) is 0 Å². The summed E-state index contributed by atoms with van der Waals surface area (Å²) < 4.78 is 0. The van der Waals surface area contributed by atoms with Crippen LogP contribution in [0.4, 0.5) is 0 Å². The number of likely N-dealkylation sites (tertiary alicyclic amines) is 1. The SMILES string of the molecule is Clc1ccccc1CN1CCCC(NCC2CCCC2)C1. The Labute approximate surface area is 133 Å². The lowest BCUT2D eigenvalue weighted by Gasteiger charge is -2.34. The Morgan fingerprint density at radius 3 is 2.71 bits per heavy atom. The van der Waals surface area contributed by atoms with E-state index in [1.54, 1.807) is 0 Å². The highest BCUT2D eigenvalue weighted by molar-refractivity contribution is 6.31. The number of rotatable bonds is 5. The van der Waals surface area contributed by atoms with Gasteiger partial charge in [-0.25, -0.2) is 0 Å². The first kappa shape index (κ1) is 15.3. The number of halogens is 1. The number of benzene rings is 1. The number of nitrogens with zero attached hydrogens (tertiary/aromatic N) is 1. The molecule has 21 heavy (non-hydrogen) atoms. The number of piperidine rings is 1. The molecule has 0 spiro atoms. The monoisotopic (exact) mass is 306 g/mol. The molecule has 1 heterocycles. The van der Waals surface area contributed by atoms with E-state index in [1.165, 1.54) is 57.2 Å². The van der Waals surface area contributed by atoms with Crippen LogP contribution in [0.5, 0.6) is 0 Å². The summed E-state index contributed by atoms with van der Waals surface area (Å²) in [6, 6.07) is 8.91. The minimum absolute atomic E-state index is 0.668. The highest BCUT2D eigenvalue weighted by Gasteiger charge is 2.22. The second-order valence-corrected chi connectivity index (χ2v) is 7.13. The molecule has 1 atom stereocenters. The van der Waals surface area contributed by atoms with Crippen molar-refractivity contribution in [2.24, 2.45) is 5.92 Å². The molecule has 2 nitrogen and oxygen atoms in total. The van der Waals surface area contributed by atoms with E-state index >= 15 is 0 Å². The van der Waals surface area contributed by atoms with E-state index in [9.17, 15) is 0 Å². The Morgan fingerprint density at radius 1 is 1.10 bits per heavy atom. The summed E-state index contributed by atoms with van der Waals surface area (Å²) in [7, 11) is 0. The summed E-state index contributed by atoms with van der Waals surface area (Å²) in [4.78, 5) is 2.55. The number of hydrogen-bond donors (Lipinski definition) is 1. The molecule has 2 aliphatic rings. The van der Waals surface area contributed by atoms with Gasteiger partial charge in [-0.2, -0.15) is 0 Å². The molecule has 1 aliphatic heterocycles. The quantitative estimate of drug-likeness (QED) is 0.881. The highest BCUT2D eigenvalue weighted by Crippen LogP contribution is 2.24. The fourth-order valence-electron chi connectivity index (χ4n) is 3.78. The van der Waals surface area contributed by atoms with Gasteiger partial charge in [0.2, 0.25) is 0 Å². The van der Waals surface area contributed by atoms with Crippen LogP contribution in [0.15, 0.2) is 24.3 Å². The lowest BCUT2D eigenvalue weighted by Crippen LogP contribution is -2.46. The van der Waals surface area contributed by atoms with Gasteiger partial charge in [-0.1, -0.05) is 42.6 Å². The van der Waals surface area contributed by atoms with Crippen molar-refractivity contribution < 1.29 is 0 Å². The molecule has 3 rings (SSSR count). The van der Waals surface area contributed by atoms with Gasteiger partial charge in [-0.15, -0.1) is 0 Å². The molecule has 1 aromatic rings. The first-order chi connectivity index (χ1) is 10.3. The van der Waals surface area contributed by atoms with E-state index in [0.717, 1.165) is 24.0 Å². The van der Waals surface area contributed by atoms with Crippen LogP contribution in [0.1, 0.15) is 44.1 Å². The molecular weight excluding hydrogens is 280 g/mol. The molecule has 1 saturated heterocycles. The molecule has 1 aromatic carbocycles. The van der Waals surface area contributed by atoms with E-state index in [-0.39, 0.29) is 0 Å². The maximum atomic E-state index is 6.28. The van der Waals surface area contributed by atoms with Gasteiger partial charge in [0.05, 0.1) is 0 Å². The summed E-state index contributed by atoms with van der Waals surface area (Å²) in [6.45, 7) is 4.58. The second-order valence-electron chi connectivity index (χ2n) is 6.72. The van der Waals surface area contributed by atoms with Gasteiger partial charge in [0.25, 0.3) is 0 Å². The molecule has 3 heteroatoms. The van der Waals surface area contributed by atoms with Crippen molar-refractivity contribution in [2.75, 3.05) is 19.6 Å². The summed E-state index contributed by atoms with van der Waals surface area (Å²) >= 11 is 6.28.